The van der Waals surface area contributed by atoms with E-state index in [2.05, 4.69) is 15.3 Å². The molecule has 0 bridgehead atoms. The molecule has 2 aromatic heterocycles. The average Bonchev–Trinajstić information content (AvgIpc) is 2.70. The number of aromatic nitrogens is 2. The second-order valence-electron chi connectivity index (χ2n) is 5.98. The van der Waals surface area contributed by atoms with Gasteiger partial charge in [0, 0.05) is 6.04 Å². The lowest BCUT2D eigenvalue weighted by atomic mass is 9.85. The van der Waals surface area contributed by atoms with Crippen molar-refractivity contribution in [1.29, 1.82) is 0 Å². The van der Waals surface area contributed by atoms with Crippen molar-refractivity contribution < 1.29 is 9.90 Å². The molecule has 108 valence electrons. The van der Waals surface area contributed by atoms with Crippen molar-refractivity contribution in [3.63, 3.8) is 0 Å². The Balaban J connectivity index is 2.35. The van der Waals surface area contributed by atoms with E-state index in [0.29, 0.717) is 5.82 Å². The first-order valence-electron chi connectivity index (χ1n) is 6.46. The molecule has 0 aliphatic heterocycles. The third kappa shape index (κ3) is 3.07. The maximum atomic E-state index is 11.0. The van der Waals surface area contributed by atoms with Gasteiger partial charge in [0.1, 0.15) is 12.1 Å². The Morgan fingerprint density at radius 1 is 1.45 bits per heavy atom. The van der Waals surface area contributed by atoms with Crippen molar-refractivity contribution in [3.8, 4) is 0 Å². The van der Waals surface area contributed by atoms with Crippen LogP contribution in [-0.4, -0.2) is 27.1 Å². The van der Waals surface area contributed by atoms with Crippen molar-refractivity contribution >= 4 is 33.3 Å². The van der Waals surface area contributed by atoms with E-state index in [1.807, 2.05) is 33.1 Å². The van der Waals surface area contributed by atoms with Crippen LogP contribution in [0.15, 0.2) is 11.7 Å². The van der Waals surface area contributed by atoms with Crippen molar-refractivity contribution in [2.45, 2.75) is 40.2 Å². The fourth-order valence-electron chi connectivity index (χ4n) is 1.99. The molecule has 2 rings (SSSR count). The maximum Gasteiger partial charge on any atom is 0.305 e. The first-order chi connectivity index (χ1) is 9.29. The highest BCUT2D eigenvalue weighted by molar-refractivity contribution is 7.18. The van der Waals surface area contributed by atoms with Crippen LogP contribution >= 0.6 is 11.3 Å². The summed E-state index contributed by atoms with van der Waals surface area (Å²) in [7, 11) is 0. The number of anilines is 1. The molecule has 0 aromatic carbocycles. The fraction of sp³-hybridized carbons (Fsp3) is 0.500. The van der Waals surface area contributed by atoms with Crippen LogP contribution in [0, 0.1) is 12.3 Å². The minimum Gasteiger partial charge on any atom is -0.481 e. The summed E-state index contributed by atoms with van der Waals surface area (Å²) in [5, 5.41) is 14.4. The minimum absolute atomic E-state index is 0.0549. The van der Waals surface area contributed by atoms with E-state index in [0.717, 1.165) is 15.8 Å². The molecule has 0 fully saturated rings. The minimum atomic E-state index is -0.815. The molecular weight excluding hydrogens is 274 g/mol. The van der Waals surface area contributed by atoms with Crippen LogP contribution in [0.3, 0.4) is 0 Å². The summed E-state index contributed by atoms with van der Waals surface area (Å²) in [6, 6.07) is -0.194. The van der Waals surface area contributed by atoms with E-state index in [-0.39, 0.29) is 17.9 Å². The highest BCUT2D eigenvalue weighted by atomic mass is 32.1. The highest BCUT2D eigenvalue weighted by Crippen LogP contribution is 2.32. The molecule has 0 spiro atoms. The molecule has 1 atom stereocenters. The third-order valence-corrected chi connectivity index (χ3v) is 4.36. The highest BCUT2D eigenvalue weighted by Gasteiger charge is 2.28. The van der Waals surface area contributed by atoms with Crippen LogP contribution in [0.5, 0.6) is 0 Å². The van der Waals surface area contributed by atoms with Gasteiger partial charge in [0.05, 0.1) is 16.6 Å². The summed E-state index contributed by atoms with van der Waals surface area (Å²) in [6.07, 6.45) is 1.57. The summed E-state index contributed by atoms with van der Waals surface area (Å²) >= 11 is 1.58. The van der Waals surface area contributed by atoms with Gasteiger partial charge in [-0.2, -0.15) is 0 Å². The molecule has 1 unspecified atom stereocenters. The number of carboxylic acid groups (broad SMARTS) is 1. The lowest BCUT2D eigenvalue weighted by Crippen LogP contribution is -2.36. The SMILES string of the molecule is Cc1csc2c(NC(CC(=O)O)C(C)(C)C)ncnc12. The van der Waals surface area contributed by atoms with E-state index in [9.17, 15) is 4.79 Å². The Hall–Kier alpha value is -1.69. The van der Waals surface area contributed by atoms with E-state index >= 15 is 0 Å². The van der Waals surface area contributed by atoms with E-state index in [4.69, 9.17) is 5.11 Å². The number of nitrogens with one attached hydrogen (secondary N) is 1. The van der Waals surface area contributed by atoms with Gasteiger partial charge in [0.15, 0.2) is 0 Å². The smallest absolute Gasteiger partial charge is 0.305 e. The number of thiophene rings is 1. The number of aryl methyl sites for hydroxylation is 1. The van der Waals surface area contributed by atoms with Crippen LogP contribution in [0.2, 0.25) is 0 Å². The van der Waals surface area contributed by atoms with Gasteiger partial charge in [0.25, 0.3) is 0 Å². The third-order valence-electron chi connectivity index (χ3n) is 3.27. The Labute approximate surface area is 122 Å². The van der Waals surface area contributed by atoms with Crippen LogP contribution in [0.4, 0.5) is 5.82 Å². The van der Waals surface area contributed by atoms with E-state index < -0.39 is 5.97 Å². The molecular formula is C14H19N3O2S. The standard InChI is InChI=1S/C14H19N3O2S/c1-8-6-20-12-11(8)15-7-16-13(12)17-9(5-10(18)19)14(2,3)4/h6-7,9H,5H2,1-4H3,(H,18,19)(H,15,16,17). The first kappa shape index (κ1) is 14.7. The van der Waals surface area contributed by atoms with Crippen molar-refractivity contribution in [2.75, 3.05) is 5.32 Å². The second kappa shape index (κ2) is 5.36. The van der Waals surface area contributed by atoms with E-state index in [1.54, 1.807) is 11.3 Å². The van der Waals surface area contributed by atoms with Crippen LogP contribution in [0.1, 0.15) is 32.8 Å². The van der Waals surface area contributed by atoms with Crippen molar-refractivity contribution in [2.24, 2.45) is 5.41 Å². The number of hydrogen-bond acceptors (Lipinski definition) is 5. The molecule has 2 N–H and O–H groups in total. The Kier molecular flexibility index (Phi) is 3.94. The Bertz CT molecular complexity index is 631. The zero-order valence-corrected chi connectivity index (χ0v) is 12.9. The summed E-state index contributed by atoms with van der Waals surface area (Å²) in [5.41, 5.74) is 1.86. The molecule has 2 heterocycles. The molecule has 0 aliphatic rings. The lowest BCUT2D eigenvalue weighted by Gasteiger charge is -2.30. The normalized spacial score (nSPS) is 13.4. The zero-order valence-electron chi connectivity index (χ0n) is 12.1. The van der Waals surface area contributed by atoms with Gasteiger partial charge in [-0.25, -0.2) is 9.97 Å². The van der Waals surface area contributed by atoms with E-state index in [1.165, 1.54) is 6.33 Å². The molecule has 0 radical (unpaired) electrons. The van der Waals surface area contributed by atoms with Gasteiger partial charge in [-0.05, 0) is 23.3 Å². The maximum absolute atomic E-state index is 11.0. The van der Waals surface area contributed by atoms with Gasteiger partial charge in [-0.15, -0.1) is 11.3 Å². The molecule has 0 aliphatic carbocycles. The number of hydrogen-bond donors (Lipinski definition) is 2. The molecule has 6 heteroatoms. The number of rotatable bonds is 4. The summed E-state index contributed by atoms with van der Waals surface area (Å²) in [5.74, 6) is -0.0978. The molecule has 20 heavy (non-hydrogen) atoms. The molecule has 0 saturated carbocycles. The molecule has 5 nitrogen and oxygen atoms in total. The number of carboxylic acids is 1. The average molecular weight is 293 g/mol. The Morgan fingerprint density at radius 2 is 2.15 bits per heavy atom. The van der Waals surface area contributed by atoms with Gasteiger partial charge >= 0.3 is 5.97 Å². The number of nitrogens with zero attached hydrogens (tertiary/aromatic N) is 2. The first-order valence-corrected chi connectivity index (χ1v) is 7.34. The Morgan fingerprint density at radius 3 is 2.75 bits per heavy atom. The molecule has 2 aromatic rings. The van der Waals surface area contributed by atoms with Gasteiger partial charge in [0.2, 0.25) is 0 Å². The summed E-state index contributed by atoms with van der Waals surface area (Å²) < 4.78 is 0.977. The van der Waals surface area contributed by atoms with Crippen LogP contribution < -0.4 is 5.32 Å². The number of aliphatic carboxylic acids is 1. The van der Waals surface area contributed by atoms with Gasteiger partial charge < -0.3 is 10.4 Å². The van der Waals surface area contributed by atoms with Crippen LogP contribution in [0.25, 0.3) is 10.2 Å². The number of carbonyl (C=O) groups is 1. The zero-order chi connectivity index (χ0) is 14.9. The predicted octanol–water partition coefficient (Wildman–Crippen LogP) is 3.30. The van der Waals surface area contributed by atoms with Crippen molar-refractivity contribution in [3.05, 3.63) is 17.3 Å². The number of fused-ring (bicyclic) bond motifs is 1. The summed E-state index contributed by atoms with van der Waals surface area (Å²) in [6.45, 7) is 8.07. The largest absolute Gasteiger partial charge is 0.481 e. The van der Waals surface area contributed by atoms with Crippen molar-refractivity contribution in [1.82, 2.24) is 9.97 Å². The monoisotopic (exact) mass is 293 g/mol. The lowest BCUT2D eigenvalue weighted by molar-refractivity contribution is -0.137. The van der Waals surface area contributed by atoms with Gasteiger partial charge in [-0.3, -0.25) is 4.79 Å². The topological polar surface area (TPSA) is 75.1 Å². The summed E-state index contributed by atoms with van der Waals surface area (Å²) in [4.78, 5) is 19.6. The molecule has 0 saturated heterocycles. The second-order valence-corrected chi connectivity index (χ2v) is 6.86. The molecule has 0 amide bonds. The fourth-order valence-corrected chi connectivity index (χ4v) is 2.94. The quantitative estimate of drug-likeness (QED) is 0.904. The van der Waals surface area contributed by atoms with Crippen LogP contribution in [-0.2, 0) is 4.79 Å². The van der Waals surface area contributed by atoms with Gasteiger partial charge in [-0.1, -0.05) is 20.8 Å². The predicted molar refractivity (Wildman–Crippen MR) is 81.3 cm³/mol.